The van der Waals surface area contributed by atoms with Crippen molar-refractivity contribution in [1.29, 1.82) is 0 Å². The lowest BCUT2D eigenvalue weighted by Crippen LogP contribution is -2.30. The van der Waals surface area contributed by atoms with Crippen LogP contribution in [0.2, 0.25) is 0 Å². The number of fused-ring (bicyclic) bond motifs is 1. The molecular formula is C21H23FN4O. The van der Waals surface area contributed by atoms with Crippen LogP contribution in [0.1, 0.15) is 23.6 Å². The van der Waals surface area contributed by atoms with Gasteiger partial charge in [-0.2, -0.15) is 0 Å². The summed E-state index contributed by atoms with van der Waals surface area (Å²) in [5, 5.41) is 0. The summed E-state index contributed by atoms with van der Waals surface area (Å²) in [6.07, 6.45) is 5.31. The Morgan fingerprint density at radius 1 is 1.26 bits per heavy atom. The van der Waals surface area contributed by atoms with Crippen molar-refractivity contribution in [1.82, 2.24) is 14.3 Å². The highest BCUT2D eigenvalue weighted by atomic mass is 19.1. The summed E-state index contributed by atoms with van der Waals surface area (Å²) in [6, 6.07) is 10.2. The van der Waals surface area contributed by atoms with Gasteiger partial charge >= 0.3 is 0 Å². The van der Waals surface area contributed by atoms with E-state index in [0.29, 0.717) is 13.0 Å². The van der Waals surface area contributed by atoms with Gasteiger partial charge in [0.2, 0.25) is 5.91 Å². The Hall–Kier alpha value is -2.89. The average molecular weight is 366 g/mol. The van der Waals surface area contributed by atoms with Crippen LogP contribution in [0.5, 0.6) is 0 Å². The summed E-state index contributed by atoms with van der Waals surface area (Å²) in [5.41, 5.74) is 2.93. The first kappa shape index (κ1) is 17.5. The zero-order valence-corrected chi connectivity index (χ0v) is 15.6. The zero-order valence-electron chi connectivity index (χ0n) is 15.6. The predicted octanol–water partition coefficient (Wildman–Crippen LogP) is 3.10. The minimum absolute atomic E-state index is 0.0824. The number of aromatic nitrogens is 2. The number of hydrogen-bond donors (Lipinski definition) is 0. The second-order valence-corrected chi connectivity index (χ2v) is 7.31. The quantitative estimate of drug-likeness (QED) is 0.712. The van der Waals surface area contributed by atoms with E-state index in [4.69, 9.17) is 4.98 Å². The van der Waals surface area contributed by atoms with Gasteiger partial charge in [-0.05, 0) is 36.2 Å². The molecule has 1 amide bonds. The lowest BCUT2D eigenvalue weighted by Gasteiger charge is -2.19. The number of carbonyl (C=O) groups is 1. The van der Waals surface area contributed by atoms with Gasteiger partial charge < -0.3 is 14.2 Å². The molecule has 0 aliphatic carbocycles. The van der Waals surface area contributed by atoms with Crippen LogP contribution in [0.15, 0.2) is 48.8 Å². The van der Waals surface area contributed by atoms with E-state index in [1.165, 1.54) is 12.1 Å². The minimum atomic E-state index is -0.282. The van der Waals surface area contributed by atoms with Crippen LogP contribution < -0.4 is 4.90 Å². The van der Waals surface area contributed by atoms with Crippen molar-refractivity contribution in [3.8, 4) is 0 Å². The fourth-order valence-corrected chi connectivity index (χ4v) is 3.69. The maximum Gasteiger partial charge on any atom is 0.227 e. The largest absolute Gasteiger partial charge is 0.361 e. The molecule has 1 aliphatic rings. The van der Waals surface area contributed by atoms with Gasteiger partial charge in [0.1, 0.15) is 5.82 Å². The second kappa shape index (κ2) is 7.02. The Balaban J connectivity index is 1.50. The summed E-state index contributed by atoms with van der Waals surface area (Å²) < 4.78 is 15.1. The molecule has 0 saturated carbocycles. The molecule has 1 aromatic carbocycles. The van der Waals surface area contributed by atoms with E-state index in [0.717, 1.165) is 35.6 Å². The van der Waals surface area contributed by atoms with Gasteiger partial charge in [0.15, 0.2) is 5.82 Å². The Kier molecular flexibility index (Phi) is 4.56. The zero-order chi connectivity index (χ0) is 19.0. The topological polar surface area (TPSA) is 40.9 Å². The van der Waals surface area contributed by atoms with Gasteiger partial charge in [-0.25, -0.2) is 9.37 Å². The van der Waals surface area contributed by atoms with Gasteiger partial charge in [-0.15, -0.1) is 0 Å². The molecule has 1 aliphatic heterocycles. The van der Waals surface area contributed by atoms with Crippen LogP contribution in [0.25, 0.3) is 5.52 Å². The van der Waals surface area contributed by atoms with E-state index in [1.807, 2.05) is 36.2 Å². The maximum absolute atomic E-state index is 13.0. The van der Waals surface area contributed by atoms with Crippen LogP contribution >= 0.6 is 0 Å². The Morgan fingerprint density at radius 2 is 2.04 bits per heavy atom. The standard InChI is InChI=1S/C21H23FN4O/c1-24(2)21-19-4-3-10-25(19)14-18(23-21)16-9-11-26(13-16)20(27)12-15-5-7-17(22)8-6-15/h3-8,10,14,16H,9,11-13H2,1-2H3/t16-/m0/s1. The van der Waals surface area contributed by atoms with Crippen molar-refractivity contribution in [3.63, 3.8) is 0 Å². The predicted molar refractivity (Wildman–Crippen MR) is 104 cm³/mol. The average Bonchev–Trinajstić information content (AvgIpc) is 3.31. The number of benzene rings is 1. The van der Waals surface area contributed by atoms with E-state index in [2.05, 4.69) is 16.7 Å². The molecule has 3 aromatic rings. The molecule has 1 saturated heterocycles. The third kappa shape index (κ3) is 3.52. The summed E-state index contributed by atoms with van der Waals surface area (Å²) >= 11 is 0. The number of nitrogens with zero attached hydrogens (tertiary/aromatic N) is 4. The molecule has 4 rings (SSSR count). The smallest absolute Gasteiger partial charge is 0.227 e. The first-order chi connectivity index (χ1) is 13.0. The molecule has 140 valence electrons. The van der Waals surface area contributed by atoms with Gasteiger partial charge in [-0.1, -0.05) is 12.1 Å². The maximum atomic E-state index is 13.0. The molecule has 2 aromatic heterocycles. The molecule has 0 bridgehead atoms. The normalized spacial score (nSPS) is 16.9. The fourth-order valence-electron chi connectivity index (χ4n) is 3.69. The van der Waals surface area contributed by atoms with Crippen LogP contribution in [-0.4, -0.2) is 47.4 Å². The highest BCUT2D eigenvalue weighted by Gasteiger charge is 2.29. The Bertz CT molecular complexity index is 964. The Labute approximate surface area is 158 Å². The van der Waals surface area contributed by atoms with Crippen LogP contribution in [0.4, 0.5) is 10.2 Å². The van der Waals surface area contributed by atoms with E-state index < -0.39 is 0 Å². The Morgan fingerprint density at radius 3 is 2.78 bits per heavy atom. The number of rotatable bonds is 4. The van der Waals surface area contributed by atoms with Crippen molar-refractivity contribution in [2.24, 2.45) is 0 Å². The molecule has 6 heteroatoms. The monoisotopic (exact) mass is 366 g/mol. The third-order valence-corrected chi connectivity index (χ3v) is 5.17. The molecular weight excluding hydrogens is 343 g/mol. The molecule has 0 unspecified atom stereocenters. The molecule has 0 N–H and O–H groups in total. The van der Waals surface area contributed by atoms with Crippen LogP contribution in [0.3, 0.4) is 0 Å². The molecule has 27 heavy (non-hydrogen) atoms. The molecule has 1 fully saturated rings. The molecule has 0 spiro atoms. The molecule has 5 nitrogen and oxygen atoms in total. The molecule has 0 radical (unpaired) electrons. The van der Waals surface area contributed by atoms with Crippen molar-refractivity contribution in [2.75, 3.05) is 32.1 Å². The highest BCUT2D eigenvalue weighted by Crippen LogP contribution is 2.29. The van der Waals surface area contributed by atoms with E-state index in [-0.39, 0.29) is 17.6 Å². The SMILES string of the molecule is CN(C)c1nc([C@H]2CCN(C(=O)Cc3ccc(F)cc3)C2)cn2cccc12. The lowest BCUT2D eigenvalue weighted by atomic mass is 10.1. The first-order valence-electron chi connectivity index (χ1n) is 9.18. The van der Waals surface area contributed by atoms with Gasteiger partial charge in [0.05, 0.1) is 17.6 Å². The summed E-state index contributed by atoms with van der Waals surface area (Å²) in [5.74, 6) is 0.968. The highest BCUT2D eigenvalue weighted by molar-refractivity contribution is 5.79. The third-order valence-electron chi connectivity index (χ3n) is 5.17. The number of likely N-dealkylation sites (tertiary alicyclic amines) is 1. The van der Waals surface area contributed by atoms with Gasteiger partial charge in [-0.3, -0.25) is 4.79 Å². The minimum Gasteiger partial charge on any atom is -0.361 e. The van der Waals surface area contributed by atoms with Crippen LogP contribution in [-0.2, 0) is 11.2 Å². The van der Waals surface area contributed by atoms with E-state index in [1.54, 1.807) is 12.1 Å². The van der Waals surface area contributed by atoms with E-state index in [9.17, 15) is 9.18 Å². The lowest BCUT2D eigenvalue weighted by molar-refractivity contribution is -0.129. The number of hydrogen-bond acceptors (Lipinski definition) is 3. The number of carbonyl (C=O) groups excluding carboxylic acids is 1. The second-order valence-electron chi connectivity index (χ2n) is 7.31. The van der Waals surface area contributed by atoms with E-state index >= 15 is 0 Å². The summed E-state index contributed by atoms with van der Waals surface area (Å²) in [6.45, 7) is 1.40. The number of halogens is 1. The van der Waals surface area contributed by atoms with Gasteiger partial charge in [0, 0.05) is 45.5 Å². The number of amides is 1. The van der Waals surface area contributed by atoms with Crippen molar-refractivity contribution >= 4 is 17.2 Å². The molecule has 1 atom stereocenters. The first-order valence-corrected chi connectivity index (χ1v) is 9.18. The number of anilines is 1. The van der Waals surface area contributed by atoms with Crippen molar-refractivity contribution < 1.29 is 9.18 Å². The fraction of sp³-hybridized carbons (Fsp3) is 0.333. The van der Waals surface area contributed by atoms with Crippen molar-refractivity contribution in [2.45, 2.75) is 18.8 Å². The summed E-state index contributed by atoms with van der Waals surface area (Å²) in [4.78, 5) is 21.4. The van der Waals surface area contributed by atoms with Gasteiger partial charge in [0.25, 0.3) is 0 Å². The molecule has 3 heterocycles. The van der Waals surface area contributed by atoms with Crippen LogP contribution in [0, 0.1) is 5.82 Å². The summed E-state index contributed by atoms with van der Waals surface area (Å²) in [7, 11) is 3.98. The van der Waals surface area contributed by atoms with Crippen molar-refractivity contribution in [3.05, 3.63) is 65.9 Å².